The molecule has 0 aliphatic heterocycles. The molecule has 36 heavy (non-hydrogen) atoms. The number of aryl methyl sites for hydroxylation is 1. The van der Waals surface area contributed by atoms with Crippen molar-refractivity contribution in [3.8, 4) is 16.9 Å². The molecule has 0 atom stereocenters. The molecule has 4 rings (SSSR count). The quantitative estimate of drug-likeness (QED) is 0.217. The van der Waals surface area contributed by atoms with Crippen LogP contribution in [0, 0.1) is 6.92 Å². The van der Waals surface area contributed by atoms with E-state index in [2.05, 4.69) is 15.5 Å². The van der Waals surface area contributed by atoms with Gasteiger partial charge in [0.15, 0.2) is 11.0 Å². The van der Waals surface area contributed by atoms with Gasteiger partial charge in [-0.1, -0.05) is 65.8 Å². The molecule has 0 unspecified atom stereocenters. The first-order valence-corrected chi connectivity index (χ1v) is 13.0. The second-order valence-electron chi connectivity index (χ2n) is 7.61. The monoisotopic (exact) mass is 542 g/mol. The van der Waals surface area contributed by atoms with Gasteiger partial charge < -0.3 is 19.4 Å². The number of carbonyl (C=O) groups excluding carboxylic acids is 2. The number of esters is 1. The molecule has 0 saturated heterocycles. The van der Waals surface area contributed by atoms with Gasteiger partial charge in [-0.2, -0.15) is 0 Å². The van der Waals surface area contributed by atoms with Crippen LogP contribution in [-0.4, -0.2) is 39.5 Å². The van der Waals surface area contributed by atoms with Crippen LogP contribution in [0.5, 0.6) is 5.75 Å². The molecular weight excluding hydrogens is 520 g/mol. The lowest BCUT2D eigenvalue weighted by molar-refractivity contribution is -0.113. The number of hydrogen-bond acceptors (Lipinski definition) is 8. The zero-order chi connectivity index (χ0) is 25.7. The molecule has 2 heterocycles. The molecule has 0 spiro atoms. The molecule has 1 amide bonds. The second kappa shape index (κ2) is 11.6. The van der Waals surface area contributed by atoms with Gasteiger partial charge in [0.05, 0.1) is 17.9 Å². The van der Waals surface area contributed by atoms with Crippen LogP contribution in [0.15, 0.2) is 59.8 Å². The molecule has 0 aliphatic rings. The number of thiophene rings is 1. The summed E-state index contributed by atoms with van der Waals surface area (Å²) in [4.78, 5) is 26.3. The fourth-order valence-electron chi connectivity index (χ4n) is 3.48. The van der Waals surface area contributed by atoms with Gasteiger partial charge in [0, 0.05) is 17.5 Å². The van der Waals surface area contributed by atoms with Crippen LogP contribution in [0.1, 0.15) is 21.1 Å². The summed E-state index contributed by atoms with van der Waals surface area (Å²) in [5, 5.41) is 12.7. The maximum Gasteiger partial charge on any atom is 0.341 e. The summed E-state index contributed by atoms with van der Waals surface area (Å²) in [7, 11) is 3.13. The van der Waals surface area contributed by atoms with E-state index in [4.69, 9.17) is 21.1 Å². The van der Waals surface area contributed by atoms with Gasteiger partial charge in [-0.15, -0.1) is 21.5 Å². The van der Waals surface area contributed by atoms with E-state index in [1.165, 1.54) is 30.2 Å². The molecule has 2 aromatic heterocycles. The molecule has 2 aromatic carbocycles. The van der Waals surface area contributed by atoms with E-state index in [1.54, 1.807) is 23.7 Å². The number of para-hydroxylation sites is 1. The van der Waals surface area contributed by atoms with Crippen molar-refractivity contribution in [1.29, 1.82) is 0 Å². The maximum atomic E-state index is 12.8. The third-order valence-electron chi connectivity index (χ3n) is 5.24. The van der Waals surface area contributed by atoms with E-state index in [0.717, 1.165) is 16.0 Å². The number of halogens is 1. The number of rotatable bonds is 9. The number of methoxy groups -OCH3 is 1. The molecule has 0 bridgehead atoms. The van der Waals surface area contributed by atoms with E-state index in [-0.39, 0.29) is 18.3 Å². The lowest BCUT2D eigenvalue weighted by Gasteiger charge is -2.09. The first-order valence-electron chi connectivity index (χ1n) is 10.8. The first kappa shape index (κ1) is 25.7. The highest BCUT2D eigenvalue weighted by atomic mass is 35.5. The minimum Gasteiger partial charge on any atom is -0.484 e. The van der Waals surface area contributed by atoms with Gasteiger partial charge in [-0.3, -0.25) is 4.79 Å². The molecule has 0 radical (unpaired) electrons. The standard InChI is InChI=1S/C25H23ClN4O4S2/c1-15-21(16-9-5-4-6-10-16)22(24(32)33-3)23(36-15)27-20(31)14-35-25-29-28-19(30(25)2)13-34-18-12-8-7-11-17(18)26/h4-12H,13-14H2,1-3H3,(H,27,31). The third-order valence-corrected chi connectivity index (χ3v) is 7.59. The minimum absolute atomic E-state index is 0.0789. The molecule has 4 aromatic rings. The van der Waals surface area contributed by atoms with Gasteiger partial charge in [0.25, 0.3) is 0 Å². The summed E-state index contributed by atoms with van der Waals surface area (Å²) >= 11 is 8.70. The van der Waals surface area contributed by atoms with Crippen molar-refractivity contribution in [3.63, 3.8) is 0 Å². The van der Waals surface area contributed by atoms with Crippen molar-refractivity contribution in [2.75, 3.05) is 18.2 Å². The van der Waals surface area contributed by atoms with Crippen molar-refractivity contribution >= 4 is 51.6 Å². The molecule has 186 valence electrons. The smallest absolute Gasteiger partial charge is 0.341 e. The summed E-state index contributed by atoms with van der Waals surface area (Å²) in [6.45, 7) is 2.09. The lowest BCUT2D eigenvalue weighted by Crippen LogP contribution is -2.16. The van der Waals surface area contributed by atoms with Gasteiger partial charge in [0.2, 0.25) is 5.91 Å². The van der Waals surface area contributed by atoms with Crippen LogP contribution in [0.2, 0.25) is 5.02 Å². The van der Waals surface area contributed by atoms with Crippen molar-refractivity contribution in [2.24, 2.45) is 7.05 Å². The Bertz CT molecular complexity index is 1390. The van der Waals surface area contributed by atoms with Crippen LogP contribution < -0.4 is 10.1 Å². The highest BCUT2D eigenvalue weighted by Crippen LogP contribution is 2.40. The number of thioether (sulfide) groups is 1. The Morgan fingerprint density at radius 3 is 2.56 bits per heavy atom. The summed E-state index contributed by atoms with van der Waals surface area (Å²) in [5.41, 5.74) is 1.99. The van der Waals surface area contributed by atoms with Gasteiger partial charge in [-0.25, -0.2) is 4.79 Å². The predicted molar refractivity (Wildman–Crippen MR) is 142 cm³/mol. The first-order chi connectivity index (χ1) is 17.4. The zero-order valence-corrected chi connectivity index (χ0v) is 22.2. The highest BCUT2D eigenvalue weighted by molar-refractivity contribution is 7.99. The summed E-state index contributed by atoms with van der Waals surface area (Å²) in [5.74, 6) is 0.446. The van der Waals surface area contributed by atoms with Crippen LogP contribution in [-0.2, 0) is 23.2 Å². The lowest BCUT2D eigenvalue weighted by atomic mass is 10.0. The van der Waals surface area contributed by atoms with Crippen LogP contribution >= 0.6 is 34.7 Å². The number of amides is 1. The Hall–Kier alpha value is -3.34. The van der Waals surface area contributed by atoms with Crippen molar-refractivity contribution < 1.29 is 19.1 Å². The largest absolute Gasteiger partial charge is 0.484 e. The Labute approximate surface area is 221 Å². The zero-order valence-electron chi connectivity index (χ0n) is 19.8. The van der Waals surface area contributed by atoms with E-state index in [9.17, 15) is 9.59 Å². The molecule has 0 saturated carbocycles. The summed E-state index contributed by atoms with van der Waals surface area (Å²) < 4.78 is 12.5. The molecule has 1 N–H and O–H groups in total. The number of benzene rings is 2. The average molecular weight is 543 g/mol. The van der Waals surface area contributed by atoms with Gasteiger partial charge in [0.1, 0.15) is 22.9 Å². The van der Waals surface area contributed by atoms with E-state index in [1.807, 2.05) is 49.4 Å². The fraction of sp³-hybridized carbons (Fsp3) is 0.200. The predicted octanol–water partition coefficient (Wildman–Crippen LogP) is 5.60. The topological polar surface area (TPSA) is 95.3 Å². The Balaban J connectivity index is 1.43. The van der Waals surface area contributed by atoms with Crippen LogP contribution in [0.25, 0.3) is 11.1 Å². The number of nitrogens with one attached hydrogen (secondary N) is 1. The number of carbonyl (C=O) groups is 2. The van der Waals surface area contributed by atoms with E-state index >= 15 is 0 Å². The number of ether oxygens (including phenoxy) is 2. The normalized spacial score (nSPS) is 10.8. The molecular formula is C25H23ClN4O4S2. The van der Waals surface area contributed by atoms with Gasteiger partial charge in [-0.05, 0) is 24.6 Å². The van der Waals surface area contributed by atoms with Crippen molar-refractivity contribution in [2.45, 2.75) is 18.7 Å². The Morgan fingerprint density at radius 1 is 1.11 bits per heavy atom. The summed E-state index contributed by atoms with van der Waals surface area (Å²) in [6, 6.07) is 16.7. The van der Waals surface area contributed by atoms with E-state index in [0.29, 0.717) is 32.3 Å². The second-order valence-corrected chi connectivity index (χ2v) is 10.2. The Kier molecular flexibility index (Phi) is 8.29. The SMILES string of the molecule is COC(=O)c1c(NC(=O)CSc2nnc(COc3ccccc3Cl)n2C)sc(C)c1-c1ccccc1. The molecule has 11 heteroatoms. The maximum absolute atomic E-state index is 12.8. The van der Waals surface area contributed by atoms with Crippen molar-refractivity contribution in [1.82, 2.24) is 14.8 Å². The van der Waals surface area contributed by atoms with Crippen LogP contribution in [0.3, 0.4) is 0 Å². The number of anilines is 1. The number of aromatic nitrogens is 3. The number of nitrogens with zero attached hydrogens (tertiary/aromatic N) is 3. The highest BCUT2D eigenvalue weighted by Gasteiger charge is 2.25. The fourth-order valence-corrected chi connectivity index (χ4v) is 5.48. The summed E-state index contributed by atoms with van der Waals surface area (Å²) in [6.07, 6.45) is 0. The average Bonchev–Trinajstić information content (AvgIpc) is 3.40. The number of hydrogen-bond donors (Lipinski definition) is 1. The van der Waals surface area contributed by atoms with Gasteiger partial charge >= 0.3 is 5.97 Å². The van der Waals surface area contributed by atoms with E-state index < -0.39 is 5.97 Å². The van der Waals surface area contributed by atoms with Crippen LogP contribution in [0.4, 0.5) is 5.00 Å². The third kappa shape index (κ3) is 5.72. The van der Waals surface area contributed by atoms with Crippen molar-refractivity contribution in [3.05, 3.63) is 75.9 Å². The Morgan fingerprint density at radius 2 is 1.83 bits per heavy atom. The minimum atomic E-state index is -0.502. The molecule has 0 fully saturated rings. The molecule has 8 nitrogen and oxygen atoms in total. The molecule has 0 aliphatic carbocycles.